The number of ketones is 1. The van der Waals surface area contributed by atoms with Crippen molar-refractivity contribution in [3.63, 3.8) is 0 Å². The van der Waals surface area contributed by atoms with Crippen molar-refractivity contribution >= 4 is 34.5 Å². The predicted octanol–water partition coefficient (Wildman–Crippen LogP) is 5.72. The van der Waals surface area contributed by atoms with Crippen molar-refractivity contribution in [1.29, 1.82) is 0 Å². The lowest BCUT2D eigenvalue weighted by Crippen LogP contribution is -2.29. The van der Waals surface area contributed by atoms with Crippen LogP contribution in [0.5, 0.6) is 5.75 Å². The van der Waals surface area contributed by atoms with Gasteiger partial charge in [-0.3, -0.25) is 14.5 Å². The van der Waals surface area contributed by atoms with Gasteiger partial charge in [-0.1, -0.05) is 38.1 Å². The van der Waals surface area contributed by atoms with Crippen molar-refractivity contribution in [1.82, 2.24) is 0 Å². The first-order chi connectivity index (χ1) is 15.4. The third-order valence-corrected chi connectivity index (χ3v) is 6.24. The number of aliphatic hydroxyl groups is 1. The van der Waals surface area contributed by atoms with Crippen LogP contribution >= 0.6 is 11.3 Å². The Bertz CT molecular complexity index is 1170. The number of hydrogen-bond donors (Lipinski definition) is 1. The summed E-state index contributed by atoms with van der Waals surface area (Å²) in [6.07, 6.45) is 0. The fraction of sp³-hybridized carbons (Fsp3) is 0.231. The minimum absolute atomic E-state index is 0.0940. The molecular weight excluding hydrogens is 422 g/mol. The number of hydrogen-bond acceptors (Lipinski definition) is 5. The van der Waals surface area contributed by atoms with Gasteiger partial charge in [0.1, 0.15) is 17.6 Å². The van der Waals surface area contributed by atoms with Crippen LogP contribution in [0, 0.1) is 12.8 Å². The zero-order valence-corrected chi connectivity index (χ0v) is 19.1. The zero-order valence-electron chi connectivity index (χ0n) is 18.2. The largest absolute Gasteiger partial charge is 0.507 e. The second kappa shape index (κ2) is 9.01. The van der Waals surface area contributed by atoms with Crippen molar-refractivity contribution < 1.29 is 19.4 Å². The van der Waals surface area contributed by atoms with Crippen molar-refractivity contribution in [3.05, 3.63) is 87.6 Å². The molecule has 0 bridgehead atoms. The number of ether oxygens (including phenoxy) is 1. The lowest BCUT2D eigenvalue weighted by Gasteiger charge is -2.24. The Balaban J connectivity index is 1.80. The summed E-state index contributed by atoms with van der Waals surface area (Å²) in [7, 11) is 0. The minimum atomic E-state index is -0.692. The Kier molecular flexibility index (Phi) is 6.15. The van der Waals surface area contributed by atoms with Crippen molar-refractivity contribution in [3.8, 4) is 5.75 Å². The Hall–Kier alpha value is -3.38. The zero-order chi connectivity index (χ0) is 22.8. The molecule has 3 aromatic rings. The summed E-state index contributed by atoms with van der Waals surface area (Å²) in [5.74, 6) is -0.400. The summed E-state index contributed by atoms with van der Waals surface area (Å²) in [6.45, 7) is 6.64. The minimum Gasteiger partial charge on any atom is -0.507 e. The topological polar surface area (TPSA) is 66.8 Å². The van der Waals surface area contributed by atoms with Gasteiger partial charge >= 0.3 is 0 Å². The van der Waals surface area contributed by atoms with E-state index in [1.807, 2.05) is 42.6 Å². The maximum absolute atomic E-state index is 13.1. The summed E-state index contributed by atoms with van der Waals surface area (Å²) in [5, 5.41) is 13.1. The lowest BCUT2D eigenvalue weighted by atomic mass is 9.98. The highest BCUT2D eigenvalue weighted by Gasteiger charge is 2.47. The van der Waals surface area contributed by atoms with Crippen LogP contribution in [0.2, 0.25) is 0 Å². The molecule has 1 aliphatic heterocycles. The van der Waals surface area contributed by atoms with E-state index < -0.39 is 17.7 Å². The van der Waals surface area contributed by atoms with Gasteiger partial charge in [0.15, 0.2) is 0 Å². The summed E-state index contributed by atoms with van der Waals surface area (Å²) in [6, 6.07) is 17.4. The summed E-state index contributed by atoms with van der Waals surface area (Å²) in [4.78, 5) is 28.4. The van der Waals surface area contributed by atoms with E-state index in [-0.39, 0.29) is 11.3 Å². The van der Waals surface area contributed by atoms with Crippen LogP contribution in [0.3, 0.4) is 0 Å². The smallest absolute Gasteiger partial charge is 0.300 e. The van der Waals surface area contributed by atoms with Gasteiger partial charge < -0.3 is 9.84 Å². The van der Waals surface area contributed by atoms with Gasteiger partial charge in [-0.25, -0.2) is 0 Å². The van der Waals surface area contributed by atoms with Crippen LogP contribution in [-0.2, 0) is 9.59 Å². The van der Waals surface area contributed by atoms with E-state index in [1.54, 1.807) is 30.3 Å². The number of benzene rings is 2. The van der Waals surface area contributed by atoms with Crippen LogP contribution < -0.4 is 9.64 Å². The molecule has 0 saturated carbocycles. The van der Waals surface area contributed by atoms with Gasteiger partial charge in [0.05, 0.1) is 12.2 Å². The molecule has 2 aromatic carbocycles. The second-order valence-electron chi connectivity index (χ2n) is 8.21. The van der Waals surface area contributed by atoms with E-state index in [1.165, 1.54) is 16.2 Å². The fourth-order valence-electron chi connectivity index (χ4n) is 3.77. The first-order valence-electron chi connectivity index (χ1n) is 10.5. The standard InChI is InChI=1S/C26H25NO4S/c1-16(2)15-31-20-12-11-18(14-17(20)3)24(28)22-23(21-10-7-13-32-21)27(26(30)25(22)29)19-8-5-4-6-9-19/h4-14,16,23,28H,15H2,1-3H3/b24-22-. The molecule has 1 fully saturated rings. The molecule has 0 spiro atoms. The highest BCUT2D eigenvalue weighted by molar-refractivity contribution is 7.10. The Morgan fingerprint density at radius 2 is 1.84 bits per heavy atom. The van der Waals surface area contributed by atoms with Crippen LogP contribution in [0.1, 0.15) is 35.9 Å². The lowest BCUT2D eigenvalue weighted by molar-refractivity contribution is -0.132. The molecule has 1 aliphatic rings. The summed E-state index contributed by atoms with van der Waals surface area (Å²) < 4.78 is 5.83. The molecule has 1 atom stereocenters. The molecule has 4 rings (SSSR count). The van der Waals surface area contributed by atoms with Gasteiger partial charge in [-0.2, -0.15) is 0 Å². The third-order valence-electron chi connectivity index (χ3n) is 5.31. The van der Waals surface area contributed by atoms with Crippen LogP contribution in [0.25, 0.3) is 5.76 Å². The maximum Gasteiger partial charge on any atom is 0.300 e. The van der Waals surface area contributed by atoms with E-state index >= 15 is 0 Å². The van der Waals surface area contributed by atoms with Gasteiger partial charge in [0.25, 0.3) is 11.7 Å². The van der Waals surface area contributed by atoms with Gasteiger partial charge in [-0.05, 0) is 60.2 Å². The quantitative estimate of drug-likeness (QED) is 0.298. The molecule has 32 heavy (non-hydrogen) atoms. The molecule has 164 valence electrons. The number of thiophene rings is 1. The Morgan fingerprint density at radius 1 is 1.09 bits per heavy atom. The van der Waals surface area contributed by atoms with Gasteiger partial charge in [-0.15, -0.1) is 11.3 Å². The van der Waals surface area contributed by atoms with Crippen LogP contribution in [0.4, 0.5) is 5.69 Å². The average Bonchev–Trinajstić information content (AvgIpc) is 3.40. The Labute approximate surface area is 191 Å². The maximum atomic E-state index is 13.1. The number of carbonyl (C=O) groups is 2. The number of anilines is 1. The van der Waals surface area contributed by atoms with E-state index in [0.29, 0.717) is 23.8 Å². The Morgan fingerprint density at radius 3 is 2.47 bits per heavy atom. The van der Waals surface area contributed by atoms with Gasteiger partial charge in [0.2, 0.25) is 0 Å². The molecule has 1 unspecified atom stereocenters. The van der Waals surface area contributed by atoms with Gasteiger partial charge in [0, 0.05) is 16.1 Å². The third kappa shape index (κ3) is 4.06. The van der Waals surface area contributed by atoms with E-state index in [9.17, 15) is 14.7 Å². The molecule has 0 radical (unpaired) electrons. The molecule has 5 nitrogen and oxygen atoms in total. The number of aryl methyl sites for hydroxylation is 1. The number of para-hydroxylation sites is 1. The van der Waals surface area contributed by atoms with Crippen molar-refractivity contribution in [2.75, 3.05) is 11.5 Å². The van der Waals surface area contributed by atoms with Crippen LogP contribution in [-0.4, -0.2) is 23.4 Å². The molecule has 1 amide bonds. The highest BCUT2D eigenvalue weighted by atomic mass is 32.1. The number of nitrogens with zero attached hydrogens (tertiary/aromatic N) is 1. The highest BCUT2D eigenvalue weighted by Crippen LogP contribution is 2.43. The molecule has 1 aromatic heterocycles. The fourth-order valence-corrected chi connectivity index (χ4v) is 4.60. The normalized spacial score (nSPS) is 17.9. The monoisotopic (exact) mass is 447 g/mol. The van der Waals surface area contributed by atoms with Crippen molar-refractivity contribution in [2.45, 2.75) is 26.8 Å². The second-order valence-corrected chi connectivity index (χ2v) is 9.18. The van der Waals surface area contributed by atoms with Crippen LogP contribution in [0.15, 0.2) is 71.6 Å². The molecule has 1 saturated heterocycles. The molecule has 6 heteroatoms. The van der Waals surface area contributed by atoms with Crippen molar-refractivity contribution in [2.24, 2.45) is 5.92 Å². The predicted molar refractivity (Wildman–Crippen MR) is 127 cm³/mol. The summed E-state index contributed by atoms with van der Waals surface area (Å²) >= 11 is 1.44. The average molecular weight is 448 g/mol. The number of rotatable bonds is 6. The number of Topliss-reactive ketones (excluding diaryl/α,β-unsaturated/α-hetero) is 1. The molecule has 2 heterocycles. The first kappa shape index (κ1) is 21.8. The molecule has 0 aliphatic carbocycles. The van der Waals surface area contributed by atoms with E-state index in [4.69, 9.17) is 4.74 Å². The van der Waals surface area contributed by atoms with E-state index in [0.717, 1.165) is 16.2 Å². The number of aliphatic hydroxyl groups excluding tert-OH is 1. The SMILES string of the molecule is Cc1cc(/C(O)=C2/C(=O)C(=O)N(c3ccccc3)C2c2cccs2)ccc1OCC(C)C. The number of carbonyl (C=O) groups excluding carboxylic acids is 2. The molecular formula is C26H25NO4S. The summed E-state index contributed by atoms with van der Waals surface area (Å²) in [5.41, 5.74) is 2.03. The molecule has 1 N–H and O–H groups in total. The van der Waals surface area contributed by atoms with E-state index in [2.05, 4.69) is 13.8 Å². The first-order valence-corrected chi connectivity index (χ1v) is 11.4. The number of amides is 1.